The van der Waals surface area contributed by atoms with Crippen LogP contribution >= 0.6 is 11.3 Å². The molecule has 0 aliphatic heterocycles. The molecule has 0 amide bonds. The predicted octanol–water partition coefficient (Wildman–Crippen LogP) is 6.70. The van der Waals surface area contributed by atoms with Gasteiger partial charge in [-0.3, -0.25) is 0 Å². The van der Waals surface area contributed by atoms with Crippen molar-refractivity contribution < 1.29 is 23.2 Å². The Kier molecular flexibility index (Phi) is 8.01. The van der Waals surface area contributed by atoms with Crippen LogP contribution in [-0.4, -0.2) is 30.4 Å². The van der Waals surface area contributed by atoms with Crippen molar-refractivity contribution in [3.8, 4) is 16.4 Å². The fraction of sp³-hybridized carbons (Fsp3) is 0.323. The van der Waals surface area contributed by atoms with E-state index in [1.807, 2.05) is 6.07 Å². The van der Waals surface area contributed by atoms with Crippen LogP contribution in [-0.2, 0) is 24.2 Å². The molecule has 6 rings (SSSR count). The molecule has 0 bridgehead atoms. The van der Waals surface area contributed by atoms with Crippen molar-refractivity contribution in [1.82, 2.24) is 14.8 Å². The smallest absolute Gasteiger partial charge is 0.355 e. The number of rotatable bonds is 9. The molecule has 42 heavy (non-hydrogen) atoms. The highest BCUT2D eigenvalue weighted by molar-refractivity contribution is 7.89. The number of nitrogens with two attached hydrogens (primary N) is 1. The summed E-state index contributed by atoms with van der Waals surface area (Å²) in [4.78, 5) is 15.9. The van der Waals surface area contributed by atoms with E-state index in [0.717, 1.165) is 48.9 Å². The molecular formula is C31H30F2N4O3S2. The normalized spacial score (nSPS) is 17.7. The van der Waals surface area contributed by atoms with Crippen LogP contribution in [0.15, 0.2) is 52.7 Å². The number of carboxylic acids is 1. The van der Waals surface area contributed by atoms with Crippen molar-refractivity contribution in [3.05, 3.63) is 87.6 Å². The molecule has 2 atom stereocenters. The molecule has 3 N–H and O–H groups in total. The van der Waals surface area contributed by atoms with Gasteiger partial charge < -0.3 is 9.66 Å². The van der Waals surface area contributed by atoms with Crippen LogP contribution in [0, 0.1) is 23.5 Å². The Morgan fingerprint density at radius 2 is 2.00 bits per heavy atom. The number of aromatic carboxylic acids is 1. The Morgan fingerprint density at radius 3 is 2.64 bits per heavy atom. The van der Waals surface area contributed by atoms with Gasteiger partial charge in [-0.05, 0) is 91.8 Å². The summed E-state index contributed by atoms with van der Waals surface area (Å²) in [5.74, 6) is -1.07. The molecule has 2 aromatic heterocycles. The van der Waals surface area contributed by atoms with Gasteiger partial charge in [0.15, 0.2) is 11.5 Å². The van der Waals surface area contributed by atoms with E-state index in [0.29, 0.717) is 52.2 Å². The number of hydrogen-bond donors (Lipinski definition) is 2. The molecule has 7 nitrogen and oxygen atoms in total. The van der Waals surface area contributed by atoms with Crippen LogP contribution in [0.25, 0.3) is 22.0 Å². The van der Waals surface area contributed by atoms with E-state index in [9.17, 15) is 18.8 Å². The summed E-state index contributed by atoms with van der Waals surface area (Å²) in [6.07, 6.45) is 7.92. The SMILES string of the molecule is CC1CC=C(c2cc(-c3nn(-c4nc(C(=O)O)cs4)c(CC4CC4)c3Cc3ccc([S+](N)[O-])c(F)c3)ccc2F)CC1. The summed E-state index contributed by atoms with van der Waals surface area (Å²) >= 11 is -0.769. The van der Waals surface area contributed by atoms with Crippen molar-refractivity contribution >= 4 is 34.2 Å². The minimum atomic E-state index is -1.95. The Labute approximate surface area is 249 Å². The number of nitrogens with zero attached hydrogens (tertiary/aromatic N) is 3. The lowest BCUT2D eigenvalue weighted by Crippen LogP contribution is -2.14. The second-order valence-corrected chi connectivity index (χ2v) is 13.1. The van der Waals surface area contributed by atoms with E-state index in [4.69, 9.17) is 10.2 Å². The predicted molar refractivity (Wildman–Crippen MR) is 159 cm³/mol. The maximum absolute atomic E-state index is 15.2. The Balaban J connectivity index is 1.51. The number of carbonyl (C=O) groups is 1. The minimum Gasteiger partial charge on any atom is -0.593 e. The van der Waals surface area contributed by atoms with Gasteiger partial charge in [0.1, 0.15) is 5.82 Å². The third-order valence-corrected chi connectivity index (χ3v) is 9.59. The van der Waals surface area contributed by atoms with Gasteiger partial charge in [0.05, 0.1) is 22.7 Å². The number of hydrogen-bond acceptors (Lipinski definition) is 6. The van der Waals surface area contributed by atoms with E-state index in [2.05, 4.69) is 18.0 Å². The zero-order valence-corrected chi connectivity index (χ0v) is 24.6. The number of allylic oxidation sites excluding steroid dienone is 2. The van der Waals surface area contributed by atoms with Crippen molar-refractivity contribution in [2.75, 3.05) is 0 Å². The fourth-order valence-corrected chi connectivity index (χ4v) is 6.70. The van der Waals surface area contributed by atoms with E-state index >= 15 is 4.39 Å². The second-order valence-electron chi connectivity index (χ2n) is 11.2. The Bertz CT molecular complexity index is 1690. The summed E-state index contributed by atoms with van der Waals surface area (Å²) in [5, 5.41) is 21.8. The van der Waals surface area contributed by atoms with E-state index in [1.54, 1.807) is 16.8 Å². The number of thiazole rings is 1. The number of aromatic nitrogens is 3. The molecule has 2 aliphatic rings. The Hall–Kier alpha value is -3.38. The first-order chi connectivity index (χ1) is 20.2. The van der Waals surface area contributed by atoms with Gasteiger partial charge in [-0.2, -0.15) is 5.10 Å². The van der Waals surface area contributed by atoms with Gasteiger partial charge in [-0.15, -0.1) is 16.5 Å². The number of carboxylic acid groups (broad SMARTS) is 1. The maximum Gasteiger partial charge on any atom is 0.355 e. The lowest BCUT2D eigenvalue weighted by Gasteiger charge is -2.19. The van der Waals surface area contributed by atoms with Gasteiger partial charge >= 0.3 is 5.97 Å². The molecule has 1 saturated carbocycles. The zero-order valence-electron chi connectivity index (χ0n) is 23.0. The molecule has 218 valence electrons. The van der Waals surface area contributed by atoms with Gasteiger partial charge in [0.2, 0.25) is 10.0 Å². The van der Waals surface area contributed by atoms with Gasteiger partial charge in [0.25, 0.3) is 0 Å². The average Bonchev–Trinajstić information content (AvgIpc) is 3.52. The largest absolute Gasteiger partial charge is 0.593 e. The highest BCUT2D eigenvalue weighted by Gasteiger charge is 2.30. The third-order valence-electron chi connectivity index (χ3n) is 8.01. The summed E-state index contributed by atoms with van der Waals surface area (Å²) in [7, 11) is 0. The second kappa shape index (κ2) is 11.7. The lowest BCUT2D eigenvalue weighted by molar-refractivity contribution is 0.0691. The number of benzene rings is 2. The zero-order chi connectivity index (χ0) is 29.5. The van der Waals surface area contributed by atoms with Crippen LogP contribution in [0.4, 0.5) is 8.78 Å². The molecular weight excluding hydrogens is 578 g/mol. The van der Waals surface area contributed by atoms with Crippen LogP contribution in [0.1, 0.15) is 71.9 Å². The van der Waals surface area contributed by atoms with E-state index < -0.39 is 23.1 Å². The highest BCUT2D eigenvalue weighted by atomic mass is 32.2. The van der Waals surface area contributed by atoms with Crippen molar-refractivity contribution in [1.29, 1.82) is 0 Å². The van der Waals surface area contributed by atoms with Gasteiger partial charge in [-0.1, -0.05) is 19.1 Å². The summed E-state index contributed by atoms with van der Waals surface area (Å²) < 4.78 is 43.4. The maximum atomic E-state index is 15.2. The van der Waals surface area contributed by atoms with E-state index in [-0.39, 0.29) is 16.4 Å². The molecule has 4 aromatic rings. The highest BCUT2D eigenvalue weighted by Crippen LogP contribution is 2.39. The summed E-state index contributed by atoms with van der Waals surface area (Å²) in [6.45, 7) is 2.19. The molecule has 0 spiro atoms. The first-order valence-corrected chi connectivity index (χ1v) is 16.0. The van der Waals surface area contributed by atoms with Crippen LogP contribution < -0.4 is 5.14 Å². The van der Waals surface area contributed by atoms with E-state index in [1.165, 1.54) is 34.9 Å². The minimum absolute atomic E-state index is 0.0686. The molecule has 2 aliphatic carbocycles. The lowest BCUT2D eigenvalue weighted by atomic mass is 9.86. The fourth-order valence-electron chi connectivity index (χ4n) is 5.48. The van der Waals surface area contributed by atoms with Crippen molar-refractivity contribution in [3.63, 3.8) is 0 Å². The molecule has 0 radical (unpaired) electrons. The van der Waals surface area contributed by atoms with Crippen molar-refractivity contribution in [2.45, 2.75) is 56.8 Å². The first kappa shape index (κ1) is 28.7. The molecule has 11 heteroatoms. The van der Waals surface area contributed by atoms with Crippen molar-refractivity contribution in [2.24, 2.45) is 17.0 Å². The molecule has 2 unspecified atom stereocenters. The standard InChI is InChI=1S/C31H30F2N4O3S2/c1-17-2-7-20(8-3-17)22-15-21(9-10-24(22)32)29-23(12-19-6-11-28(42(34)40)25(33)13-19)27(14-18-4-5-18)37(36-29)31-35-26(16-41-31)30(38)39/h6-7,9-11,13,15-18H,2-5,8,12,14,34H2,1H3,(H,38,39). The summed E-state index contributed by atoms with van der Waals surface area (Å²) in [5.41, 5.74) is 5.11. The summed E-state index contributed by atoms with van der Waals surface area (Å²) in [6, 6.07) is 9.45. The molecule has 1 fully saturated rings. The topological polar surface area (TPSA) is 117 Å². The van der Waals surface area contributed by atoms with Gasteiger partial charge in [0, 0.05) is 28.5 Å². The molecule has 2 aromatic carbocycles. The third kappa shape index (κ3) is 5.92. The average molecular weight is 609 g/mol. The van der Waals surface area contributed by atoms with Crippen LogP contribution in [0.2, 0.25) is 0 Å². The molecule has 2 heterocycles. The first-order valence-electron chi connectivity index (χ1n) is 13.9. The van der Waals surface area contributed by atoms with Gasteiger partial charge in [-0.25, -0.2) is 23.2 Å². The monoisotopic (exact) mass is 608 g/mol. The van der Waals surface area contributed by atoms with Crippen LogP contribution in [0.5, 0.6) is 0 Å². The quantitative estimate of drug-likeness (QED) is 0.204. The molecule has 0 saturated heterocycles. The number of halogens is 2. The Morgan fingerprint density at radius 1 is 1.19 bits per heavy atom. The van der Waals surface area contributed by atoms with Crippen LogP contribution in [0.3, 0.4) is 0 Å².